The van der Waals surface area contributed by atoms with Gasteiger partial charge in [-0.3, -0.25) is 52.7 Å². The number of nitrogens with zero attached hydrogens (tertiary/aromatic N) is 8. The van der Waals surface area contributed by atoms with E-state index in [0.29, 0.717) is 44.1 Å². The van der Waals surface area contributed by atoms with Crippen LogP contribution in [0.25, 0.3) is 0 Å². The van der Waals surface area contributed by atoms with E-state index in [4.69, 9.17) is 11.6 Å². The van der Waals surface area contributed by atoms with Crippen molar-refractivity contribution in [3.8, 4) is 0 Å². The molecule has 0 radical (unpaired) electrons. The van der Waals surface area contributed by atoms with E-state index in [2.05, 4.69) is 16.0 Å². The Morgan fingerprint density at radius 2 is 1.26 bits per heavy atom. The monoisotopic (exact) mass is 1300 g/mol. The molecule has 1 aromatic rings. The molecular weight excluding hydrogens is 1200 g/mol. The summed E-state index contributed by atoms with van der Waals surface area (Å²) < 4.78 is 41.3. The molecule has 2 heterocycles. The van der Waals surface area contributed by atoms with Crippen LogP contribution in [-0.2, 0) is 65.3 Å². The third-order valence-electron chi connectivity index (χ3n) is 19.7. The topological polar surface area (TPSA) is 250 Å². The number of rotatable bonds is 10. The van der Waals surface area contributed by atoms with Crippen LogP contribution >= 0.6 is 11.6 Å². The van der Waals surface area contributed by atoms with Crippen molar-refractivity contribution in [3.63, 3.8) is 0 Å². The zero-order chi connectivity index (χ0) is 67.6. The molecule has 6 rings (SSSR count). The molecule has 1 spiro atoms. The second-order valence-electron chi connectivity index (χ2n) is 27.1. The van der Waals surface area contributed by atoms with Crippen molar-refractivity contribution < 1.29 is 65.9 Å². The lowest BCUT2D eigenvalue weighted by molar-refractivity contribution is -0.152. The van der Waals surface area contributed by atoms with Crippen molar-refractivity contribution in [2.45, 2.75) is 211 Å². The van der Waals surface area contributed by atoms with Gasteiger partial charge in [0.2, 0.25) is 65.0 Å². The van der Waals surface area contributed by atoms with Gasteiger partial charge in [-0.2, -0.15) is 13.2 Å². The number of benzene rings is 1. The Kier molecular flexibility index (Phi) is 25.7. The first-order valence-electron chi connectivity index (χ1n) is 32.6. The maximum Gasteiger partial charge on any atom is 0.417 e. The summed E-state index contributed by atoms with van der Waals surface area (Å²) in [4.78, 5) is 170. The molecule has 8 atom stereocenters. The van der Waals surface area contributed by atoms with E-state index in [1.54, 1.807) is 20.9 Å². The van der Waals surface area contributed by atoms with Gasteiger partial charge in [0, 0.05) is 68.3 Å². The number of carbonyl (C=O) groups excluding carboxylic acids is 11. The van der Waals surface area contributed by atoms with Crippen molar-refractivity contribution in [3.05, 3.63) is 34.3 Å². The van der Waals surface area contributed by atoms with Crippen LogP contribution in [0.4, 0.5) is 13.2 Å². The van der Waals surface area contributed by atoms with Crippen molar-refractivity contribution in [2.24, 2.45) is 23.7 Å². The minimum atomic E-state index is -4.74. The first kappa shape index (κ1) is 73.5. The Balaban J connectivity index is 1.36. The molecule has 11 amide bonds. The summed E-state index contributed by atoms with van der Waals surface area (Å²) >= 11 is 6.12. The van der Waals surface area contributed by atoms with Gasteiger partial charge in [-0.15, -0.1) is 0 Å². The summed E-state index contributed by atoms with van der Waals surface area (Å²) in [6.45, 7) is 7.58. The van der Waals surface area contributed by atoms with E-state index in [0.717, 1.165) is 54.0 Å². The van der Waals surface area contributed by atoms with E-state index in [9.17, 15) is 56.3 Å². The van der Waals surface area contributed by atoms with Crippen molar-refractivity contribution in [1.29, 1.82) is 0 Å². The van der Waals surface area contributed by atoms with Crippen LogP contribution in [0.3, 0.4) is 0 Å². The molecule has 0 bridgehead atoms. The van der Waals surface area contributed by atoms with Gasteiger partial charge < -0.3 is 55.1 Å². The number of carbonyl (C=O) groups is 11. The highest BCUT2D eigenvalue weighted by atomic mass is 35.5. The van der Waals surface area contributed by atoms with Gasteiger partial charge in [0.25, 0.3) is 0 Å². The maximum atomic E-state index is 15.1. The quantitative estimate of drug-likeness (QED) is 0.273. The van der Waals surface area contributed by atoms with Crippen molar-refractivity contribution in [1.82, 2.24) is 55.1 Å². The fourth-order valence-electron chi connectivity index (χ4n) is 13.4. The second kappa shape index (κ2) is 31.9. The van der Waals surface area contributed by atoms with Gasteiger partial charge in [-0.05, 0) is 112 Å². The predicted octanol–water partition coefficient (Wildman–Crippen LogP) is 5.26. The Labute approximate surface area is 539 Å². The fraction of sp³-hybridized carbons (Fsp3) is 0.738. The van der Waals surface area contributed by atoms with Crippen LogP contribution in [0, 0.1) is 23.7 Å². The summed E-state index contributed by atoms with van der Waals surface area (Å²) in [6.07, 6.45) is 3.53. The minimum Gasteiger partial charge on any atom is -0.343 e. The number of hydrogen-bond acceptors (Lipinski definition) is 11. The molecule has 1 aromatic carbocycles. The zero-order valence-corrected chi connectivity index (χ0v) is 56.2. The highest BCUT2D eigenvalue weighted by Crippen LogP contribution is 2.40. The Bertz CT molecular complexity index is 2830. The molecule has 0 unspecified atom stereocenters. The van der Waals surface area contributed by atoms with Gasteiger partial charge in [0.05, 0.1) is 30.2 Å². The number of alkyl halides is 3. The molecule has 91 heavy (non-hydrogen) atoms. The lowest BCUT2D eigenvalue weighted by Crippen LogP contribution is -2.64. The van der Waals surface area contributed by atoms with Crippen LogP contribution in [0.2, 0.25) is 5.02 Å². The molecule has 0 aromatic heterocycles. The third kappa shape index (κ3) is 18.6. The summed E-state index contributed by atoms with van der Waals surface area (Å²) in [6, 6.07) is -4.33. The molecule has 2 aliphatic heterocycles. The molecule has 3 N–H and O–H groups in total. The van der Waals surface area contributed by atoms with Crippen molar-refractivity contribution >= 4 is 76.6 Å². The highest BCUT2D eigenvalue weighted by molar-refractivity contribution is 6.31. The number of hydrogen-bond donors (Lipinski definition) is 3. The normalized spacial score (nSPS) is 27.0. The SMILES string of the molecule is CC[C@H](C)[C@@H]1NC(=O)[C@H](CC(C)C)N(C)C(=O)C[C@@H](C)N(C)C(=O)[C@H](C2CC2)N(C)C(=O)C2(CCCC2)NC(=O)[C@@H]2CCCN2C(=O)[C@H](CCc2ccc(C(F)(F)F)c(Cl)c2)NC(=O)CN(C)C(=O)[C@H](CC2CCCCC2)N(C)C(=O)CN(C)C(=O)CN(C)C1=O. The van der Waals surface area contributed by atoms with Gasteiger partial charge in [-0.1, -0.05) is 96.7 Å². The average Bonchev–Trinajstić information content (AvgIpc) is 1.70. The Hall–Kier alpha value is -6.53. The molecule has 5 fully saturated rings. The van der Waals surface area contributed by atoms with Gasteiger partial charge in [-0.25, -0.2) is 0 Å². The number of halogens is 4. The third-order valence-corrected chi connectivity index (χ3v) is 20.0. The second-order valence-corrected chi connectivity index (χ2v) is 27.5. The van der Waals surface area contributed by atoms with Gasteiger partial charge >= 0.3 is 6.18 Å². The smallest absolute Gasteiger partial charge is 0.343 e. The predicted molar refractivity (Wildman–Crippen MR) is 335 cm³/mol. The summed E-state index contributed by atoms with van der Waals surface area (Å²) in [5.74, 6) is -7.24. The van der Waals surface area contributed by atoms with Crippen LogP contribution in [0.1, 0.15) is 161 Å². The van der Waals surface area contributed by atoms with E-state index in [-0.39, 0.29) is 75.7 Å². The van der Waals surface area contributed by atoms with Crippen LogP contribution in [0.5, 0.6) is 0 Å². The van der Waals surface area contributed by atoms with E-state index < -0.39 is 155 Å². The number of fused-ring (bicyclic) bond motifs is 1. The lowest BCUT2D eigenvalue weighted by Gasteiger charge is -2.40. The number of likely N-dealkylation sites (N-methyl/N-ethyl adjacent to an activating group) is 7. The molecule has 26 heteroatoms. The first-order chi connectivity index (χ1) is 42.7. The Morgan fingerprint density at radius 1 is 0.648 bits per heavy atom. The average molecular weight is 1300 g/mol. The summed E-state index contributed by atoms with van der Waals surface area (Å²) in [7, 11) is 10.2. The van der Waals surface area contributed by atoms with Gasteiger partial charge in [0.1, 0.15) is 41.8 Å². The molecule has 508 valence electrons. The fourth-order valence-corrected chi connectivity index (χ4v) is 13.7. The van der Waals surface area contributed by atoms with Crippen LogP contribution in [0.15, 0.2) is 18.2 Å². The molecular formula is C65H99ClF3N11O11. The van der Waals surface area contributed by atoms with Gasteiger partial charge in [0.15, 0.2) is 0 Å². The van der Waals surface area contributed by atoms with Crippen LogP contribution < -0.4 is 16.0 Å². The standard InChI is InChI=1S/C65H99ClF3N11O11/c1-13-40(4)55-61(89)75(8)37-53(83)73(6)38-54(84)78(11)50(35-42-20-15-14-16-21-42)60(88)74(7)36-51(81)70-47(28-24-43-23-27-45(46(66)34-43)65(67,68)69)59(87)80-31-19-22-48(80)58(86)72-64(29-17-18-30-64)63(91)79(12)56(44-25-26-44)62(90)76(9)41(5)33-52(82)77(10)49(32-39(2)3)57(85)71-55/h23,27,34,39-42,44,47-50,55-56H,13-22,24-26,28-33,35-38H2,1-12H3,(H,70,81)(H,71,85)(H,72,86)/t40-,41+,47-,48-,49-,50-,55-,56-/m0/s1. The number of nitrogens with one attached hydrogen (secondary N) is 3. The maximum absolute atomic E-state index is 15.1. The molecule has 3 aliphatic carbocycles. The van der Waals surface area contributed by atoms with Crippen molar-refractivity contribution in [2.75, 3.05) is 75.5 Å². The highest BCUT2D eigenvalue weighted by Gasteiger charge is 2.52. The zero-order valence-electron chi connectivity index (χ0n) is 55.4. The largest absolute Gasteiger partial charge is 0.417 e. The Morgan fingerprint density at radius 3 is 1.86 bits per heavy atom. The van der Waals surface area contributed by atoms with Crippen LogP contribution in [-0.4, -0.2) is 228 Å². The molecule has 3 saturated carbocycles. The summed E-state index contributed by atoms with van der Waals surface area (Å²) in [5.41, 5.74) is -2.21. The molecule has 22 nitrogen and oxygen atoms in total. The van der Waals surface area contributed by atoms with E-state index in [1.165, 1.54) is 77.8 Å². The number of aryl methyl sites for hydroxylation is 1. The molecule has 2 saturated heterocycles. The minimum absolute atomic E-state index is 0.0361. The summed E-state index contributed by atoms with van der Waals surface area (Å²) in [5, 5.41) is 8.13. The van der Waals surface area contributed by atoms with E-state index >= 15 is 9.59 Å². The lowest BCUT2D eigenvalue weighted by atomic mass is 9.84. The molecule has 5 aliphatic rings. The first-order valence-corrected chi connectivity index (χ1v) is 33.0. The van der Waals surface area contributed by atoms with E-state index in [1.807, 2.05) is 20.8 Å². The number of amides is 11.